The number of fused-ring (bicyclic) bond motifs is 1. The summed E-state index contributed by atoms with van der Waals surface area (Å²) in [4.78, 5) is 14.2. The molecule has 0 atom stereocenters. The fourth-order valence-electron chi connectivity index (χ4n) is 1.86. The van der Waals surface area contributed by atoms with Gasteiger partial charge < -0.3 is 9.72 Å². The van der Waals surface area contributed by atoms with E-state index in [0.29, 0.717) is 5.52 Å². The third-order valence-corrected chi connectivity index (χ3v) is 2.76. The van der Waals surface area contributed by atoms with Crippen LogP contribution in [-0.2, 0) is 0 Å². The van der Waals surface area contributed by atoms with E-state index in [4.69, 9.17) is 4.74 Å². The minimum Gasteiger partial charge on any atom is -0.497 e. The highest BCUT2D eigenvalue weighted by Crippen LogP contribution is 2.22. The van der Waals surface area contributed by atoms with Gasteiger partial charge in [-0.05, 0) is 18.2 Å². The van der Waals surface area contributed by atoms with Gasteiger partial charge >= 0.3 is 0 Å². The van der Waals surface area contributed by atoms with E-state index in [9.17, 15) is 4.79 Å². The molecule has 0 bridgehead atoms. The van der Waals surface area contributed by atoms with Crippen LogP contribution in [0.15, 0.2) is 47.5 Å². The minimum absolute atomic E-state index is 0.154. The van der Waals surface area contributed by atoms with Crippen molar-refractivity contribution in [2.24, 2.45) is 0 Å². The lowest BCUT2D eigenvalue weighted by Gasteiger charge is -2.00. The molecule has 0 aliphatic rings. The van der Waals surface area contributed by atoms with E-state index in [-0.39, 0.29) is 5.56 Å². The maximum absolute atomic E-state index is 11.6. The molecule has 0 aliphatic carbocycles. The smallest absolute Gasteiger partial charge is 0.273 e. The van der Waals surface area contributed by atoms with Crippen molar-refractivity contribution in [3.8, 4) is 17.0 Å². The van der Waals surface area contributed by atoms with Gasteiger partial charge in [0.2, 0.25) is 0 Å². The number of aromatic nitrogens is 3. The van der Waals surface area contributed by atoms with Crippen LogP contribution >= 0.6 is 0 Å². The molecule has 1 aromatic carbocycles. The number of aromatic amines is 1. The summed E-state index contributed by atoms with van der Waals surface area (Å²) in [5, 5.41) is 4.36. The van der Waals surface area contributed by atoms with Crippen LogP contribution in [0.1, 0.15) is 0 Å². The molecule has 0 fully saturated rings. The molecule has 2 heterocycles. The fourth-order valence-corrected chi connectivity index (χ4v) is 1.86. The van der Waals surface area contributed by atoms with Gasteiger partial charge in [0.05, 0.1) is 12.8 Å². The Hall–Kier alpha value is -2.56. The van der Waals surface area contributed by atoms with Gasteiger partial charge in [-0.3, -0.25) is 4.79 Å². The Bertz CT molecular complexity index is 758. The van der Waals surface area contributed by atoms with Crippen molar-refractivity contribution in [3.63, 3.8) is 0 Å². The predicted octanol–water partition coefficient (Wildman–Crippen LogP) is 1.70. The molecule has 90 valence electrons. The number of nitrogens with one attached hydrogen (secondary N) is 1. The van der Waals surface area contributed by atoms with E-state index < -0.39 is 0 Å². The molecule has 5 nitrogen and oxygen atoms in total. The standard InChI is InChI=1S/C13H11N3O2/c1-18-10-4-2-3-9(7-10)11-8-12-13(17)14-5-6-16(12)15-11/h2-8H,1H3,(H,14,17). The number of benzene rings is 1. The summed E-state index contributed by atoms with van der Waals surface area (Å²) in [5.74, 6) is 0.762. The van der Waals surface area contributed by atoms with Crippen molar-refractivity contribution in [1.29, 1.82) is 0 Å². The molecular weight excluding hydrogens is 230 g/mol. The lowest BCUT2D eigenvalue weighted by molar-refractivity contribution is 0.415. The van der Waals surface area contributed by atoms with E-state index in [2.05, 4.69) is 10.1 Å². The third-order valence-electron chi connectivity index (χ3n) is 2.76. The molecule has 5 heteroatoms. The number of methoxy groups -OCH3 is 1. The van der Waals surface area contributed by atoms with Crippen LogP contribution in [0.25, 0.3) is 16.8 Å². The van der Waals surface area contributed by atoms with E-state index in [1.54, 1.807) is 30.1 Å². The van der Waals surface area contributed by atoms with Crippen LogP contribution in [0.2, 0.25) is 0 Å². The number of hydrogen-bond acceptors (Lipinski definition) is 3. The zero-order valence-corrected chi connectivity index (χ0v) is 9.75. The van der Waals surface area contributed by atoms with Gasteiger partial charge in [0.1, 0.15) is 11.3 Å². The summed E-state index contributed by atoms with van der Waals surface area (Å²) in [6.45, 7) is 0. The third kappa shape index (κ3) is 1.66. The molecule has 0 aliphatic heterocycles. The SMILES string of the molecule is COc1cccc(-c2cc3c(=O)[nH]ccn3n2)c1. The number of rotatable bonds is 2. The number of H-pyrrole nitrogens is 1. The first kappa shape index (κ1) is 10.6. The number of nitrogens with zero attached hydrogens (tertiary/aromatic N) is 2. The maximum Gasteiger partial charge on any atom is 0.273 e. The van der Waals surface area contributed by atoms with Crippen LogP contribution in [-0.4, -0.2) is 21.7 Å². The van der Waals surface area contributed by atoms with Crippen LogP contribution in [0.5, 0.6) is 5.75 Å². The molecule has 3 rings (SSSR count). The van der Waals surface area contributed by atoms with Crippen LogP contribution in [0.3, 0.4) is 0 Å². The summed E-state index contributed by atoms with van der Waals surface area (Å²) in [7, 11) is 1.62. The number of hydrogen-bond donors (Lipinski definition) is 1. The van der Waals surface area contributed by atoms with E-state index in [1.807, 2.05) is 24.3 Å². The monoisotopic (exact) mass is 241 g/mol. The van der Waals surface area contributed by atoms with E-state index in [1.165, 1.54) is 0 Å². The molecule has 0 saturated heterocycles. The van der Waals surface area contributed by atoms with Crippen molar-refractivity contribution in [2.45, 2.75) is 0 Å². The van der Waals surface area contributed by atoms with Crippen molar-refractivity contribution in [3.05, 3.63) is 53.1 Å². The second-order valence-corrected chi connectivity index (χ2v) is 3.88. The molecule has 0 amide bonds. The normalized spacial score (nSPS) is 10.7. The van der Waals surface area contributed by atoms with Gasteiger partial charge in [0.25, 0.3) is 5.56 Å². The van der Waals surface area contributed by atoms with Gasteiger partial charge in [-0.15, -0.1) is 0 Å². The Balaban J connectivity index is 2.19. The Kier molecular flexibility index (Phi) is 2.37. The Morgan fingerprint density at radius 3 is 3.00 bits per heavy atom. The summed E-state index contributed by atoms with van der Waals surface area (Å²) >= 11 is 0. The van der Waals surface area contributed by atoms with Gasteiger partial charge in [-0.25, -0.2) is 4.52 Å². The van der Waals surface area contributed by atoms with Crippen molar-refractivity contribution >= 4 is 5.52 Å². The molecule has 3 aromatic rings. The highest BCUT2D eigenvalue weighted by molar-refractivity contribution is 5.66. The Labute approximate surface area is 103 Å². The lowest BCUT2D eigenvalue weighted by Crippen LogP contribution is -2.07. The summed E-state index contributed by atoms with van der Waals surface area (Å²) in [6.07, 6.45) is 3.28. The highest BCUT2D eigenvalue weighted by atomic mass is 16.5. The zero-order chi connectivity index (χ0) is 12.5. The van der Waals surface area contributed by atoms with Gasteiger partial charge in [-0.2, -0.15) is 5.10 Å². The first-order valence-corrected chi connectivity index (χ1v) is 5.49. The second-order valence-electron chi connectivity index (χ2n) is 3.88. The predicted molar refractivity (Wildman–Crippen MR) is 67.8 cm³/mol. The molecule has 2 aromatic heterocycles. The van der Waals surface area contributed by atoms with E-state index in [0.717, 1.165) is 17.0 Å². The first-order valence-electron chi connectivity index (χ1n) is 5.49. The van der Waals surface area contributed by atoms with Crippen LogP contribution < -0.4 is 10.3 Å². The minimum atomic E-state index is -0.154. The van der Waals surface area contributed by atoms with Crippen LogP contribution in [0, 0.1) is 0 Å². The van der Waals surface area contributed by atoms with Crippen LogP contribution in [0.4, 0.5) is 0 Å². The maximum atomic E-state index is 11.6. The van der Waals surface area contributed by atoms with Gasteiger partial charge in [-0.1, -0.05) is 12.1 Å². The van der Waals surface area contributed by atoms with Crippen molar-refractivity contribution in [1.82, 2.24) is 14.6 Å². The summed E-state index contributed by atoms with van der Waals surface area (Å²) < 4.78 is 6.73. The van der Waals surface area contributed by atoms with E-state index >= 15 is 0 Å². The fraction of sp³-hybridized carbons (Fsp3) is 0.0769. The zero-order valence-electron chi connectivity index (χ0n) is 9.75. The molecule has 0 unspecified atom stereocenters. The highest BCUT2D eigenvalue weighted by Gasteiger charge is 2.07. The topological polar surface area (TPSA) is 59.4 Å². The molecule has 18 heavy (non-hydrogen) atoms. The number of ether oxygens (including phenoxy) is 1. The second kappa shape index (κ2) is 4.03. The summed E-state index contributed by atoms with van der Waals surface area (Å²) in [6, 6.07) is 9.33. The largest absolute Gasteiger partial charge is 0.497 e. The van der Waals surface area contributed by atoms with Gasteiger partial charge in [0, 0.05) is 18.0 Å². The lowest BCUT2D eigenvalue weighted by atomic mass is 10.1. The average molecular weight is 241 g/mol. The first-order chi connectivity index (χ1) is 8.78. The Morgan fingerprint density at radius 1 is 1.33 bits per heavy atom. The molecule has 0 spiro atoms. The quantitative estimate of drug-likeness (QED) is 0.742. The molecular formula is C13H11N3O2. The van der Waals surface area contributed by atoms with Gasteiger partial charge in [0.15, 0.2) is 0 Å². The summed E-state index contributed by atoms with van der Waals surface area (Å²) in [5.41, 5.74) is 2.03. The van der Waals surface area contributed by atoms with Crippen molar-refractivity contribution in [2.75, 3.05) is 7.11 Å². The molecule has 0 radical (unpaired) electrons. The van der Waals surface area contributed by atoms with Crippen molar-refractivity contribution < 1.29 is 4.74 Å². The Morgan fingerprint density at radius 2 is 2.22 bits per heavy atom. The molecule has 0 saturated carbocycles. The molecule has 1 N–H and O–H groups in total. The average Bonchev–Trinajstić information content (AvgIpc) is 2.84.